The van der Waals surface area contributed by atoms with Crippen LogP contribution >= 0.6 is 11.8 Å². The molecule has 0 radical (unpaired) electrons. The first-order chi connectivity index (χ1) is 14.6. The molecule has 3 atom stereocenters. The zero-order chi connectivity index (χ0) is 20.9. The van der Waals surface area contributed by atoms with Gasteiger partial charge in [-0.05, 0) is 30.9 Å². The van der Waals surface area contributed by atoms with Crippen molar-refractivity contribution in [1.82, 2.24) is 20.4 Å². The van der Waals surface area contributed by atoms with Gasteiger partial charge in [-0.25, -0.2) is 0 Å². The molecule has 1 aromatic heterocycles. The lowest BCUT2D eigenvalue weighted by Gasteiger charge is -2.38. The molecule has 2 aliphatic rings. The fourth-order valence-electron chi connectivity index (χ4n) is 4.55. The predicted molar refractivity (Wildman–Crippen MR) is 116 cm³/mol. The number of nitrogens with zero attached hydrogens (tertiary/aromatic N) is 3. The van der Waals surface area contributed by atoms with Crippen LogP contribution in [0.5, 0.6) is 0 Å². The van der Waals surface area contributed by atoms with Crippen molar-refractivity contribution in [3.63, 3.8) is 0 Å². The van der Waals surface area contributed by atoms with E-state index >= 15 is 0 Å². The third-order valence-electron chi connectivity index (χ3n) is 6.10. The quantitative estimate of drug-likeness (QED) is 0.696. The number of fused-ring (bicyclic) bond motifs is 2. The molecule has 7 nitrogen and oxygen atoms in total. The molecule has 2 fully saturated rings. The highest BCUT2D eigenvalue weighted by molar-refractivity contribution is 7.98. The van der Waals surface area contributed by atoms with Crippen LogP contribution in [-0.2, 0) is 16.0 Å². The highest BCUT2D eigenvalue weighted by atomic mass is 32.2. The summed E-state index contributed by atoms with van der Waals surface area (Å²) in [6.07, 6.45) is 5.53. The Kier molecular flexibility index (Phi) is 6.72. The maximum Gasteiger partial charge on any atom is 0.227 e. The van der Waals surface area contributed by atoms with Gasteiger partial charge in [0.05, 0.1) is 0 Å². The normalized spacial score (nSPS) is 22.8. The smallest absolute Gasteiger partial charge is 0.227 e. The van der Waals surface area contributed by atoms with Gasteiger partial charge in [0, 0.05) is 49.7 Å². The summed E-state index contributed by atoms with van der Waals surface area (Å²) in [5, 5.41) is 7.24. The molecule has 0 spiro atoms. The largest absolute Gasteiger partial charge is 0.353 e. The Morgan fingerprint density at radius 1 is 1.17 bits per heavy atom. The van der Waals surface area contributed by atoms with Crippen molar-refractivity contribution in [1.29, 1.82) is 0 Å². The Labute approximate surface area is 181 Å². The molecule has 8 heteroatoms. The summed E-state index contributed by atoms with van der Waals surface area (Å²) >= 11 is 1.69. The van der Waals surface area contributed by atoms with E-state index < -0.39 is 0 Å². The number of piperidine rings is 1. The van der Waals surface area contributed by atoms with Crippen molar-refractivity contribution < 1.29 is 14.1 Å². The molecule has 1 unspecified atom stereocenters. The number of likely N-dealkylation sites (tertiary alicyclic amines) is 1. The Morgan fingerprint density at radius 3 is 2.60 bits per heavy atom. The zero-order valence-corrected chi connectivity index (χ0v) is 18.1. The number of benzene rings is 1. The molecule has 1 aromatic carbocycles. The maximum atomic E-state index is 12.8. The van der Waals surface area contributed by atoms with Gasteiger partial charge in [0.25, 0.3) is 0 Å². The molecule has 1 aliphatic heterocycles. The molecule has 2 amide bonds. The number of carbonyl (C=O) groups is 2. The lowest BCUT2D eigenvalue weighted by Crippen LogP contribution is -2.54. The Bertz CT molecular complexity index is 858. The summed E-state index contributed by atoms with van der Waals surface area (Å²) in [6.45, 7) is 1.45. The summed E-state index contributed by atoms with van der Waals surface area (Å²) in [6, 6.07) is 9.87. The molecule has 4 rings (SSSR count). The second-order valence-electron chi connectivity index (χ2n) is 8.11. The van der Waals surface area contributed by atoms with Crippen molar-refractivity contribution in [2.24, 2.45) is 11.8 Å². The van der Waals surface area contributed by atoms with Crippen molar-refractivity contribution in [2.45, 2.75) is 38.1 Å². The molecular weight excluding hydrogens is 400 g/mol. The minimum Gasteiger partial charge on any atom is -0.353 e. The Morgan fingerprint density at radius 2 is 1.90 bits per heavy atom. The van der Waals surface area contributed by atoms with Gasteiger partial charge in [0.2, 0.25) is 23.5 Å². The zero-order valence-electron chi connectivity index (χ0n) is 17.3. The number of aryl methyl sites for hydroxylation is 1. The number of aromatic nitrogens is 2. The number of hydrogen-bond donors (Lipinski definition) is 1. The number of rotatable bonds is 8. The van der Waals surface area contributed by atoms with Gasteiger partial charge in [-0.15, -0.1) is 0 Å². The van der Waals surface area contributed by atoms with E-state index in [1.807, 2.05) is 41.5 Å². The predicted octanol–water partition coefficient (Wildman–Crippen LogP) is 2.78. The van der Waals surface area contributed by atoms with Crippen LogP contribution in [0.15, 0.2) is 34.9 Å². The highest BCUT2D eigenvalue weighted by Crippen LogP contribution is 2.37. The topological polar surface area (TPSA) is 88.3 Å². The number of hydrogen-bond acceptors (Lipinski definition) is 6. The SMILES string of the molecule is CSCCC(=O)NC1[C@@H]2CC[C@H]1CN(C(=O)CCc1nc(-c3ccccc3)no1)C2. The Hall–Kier alpha value is -2.35. The lowest BCUT2D eigenvalue weighted by atomic mass is 9.91. The maximum absolute atomic E-state index is 12.8. The van der Waals surface area contributed by atoms with E-state index in [2.05, 4.69) is 15.5 Å². The number of nitrogens with one attached hydrogen (secondary N) is 1. The lowest BCUT2D eigenvalue weighted by molar-refractivity contribution is -0.134. The Balaban J connectivity index is 1.28. The van der Waals surface area contributed by atoms with Crippen molar-refractivity contribution >= 4 is 23.6 Å². The van der Waals surface area contributed by atoms with Crippen LogP contribution < -0.4 is 5.32 Å². The van der Waals surface area contributed by atoms with E-state index in [9.17, 15) is 9.59 Å². The van der Waals surface area contributed by atoms with Gasteiger partial charge >= 0.3 is 0 Å². The van der Waals surface area contributed by atoms with E-state index in [1.54, 1.807) is 11.8 Å². The second-order valence-corrected chi connectivity index (χ2v) is 9.10. The van der Waals surface area contributed by atoms with Crippen LogP contribution in [0.3, 0.4) is 0 Å². The summed E-state index contributed by atoms with van der Waals surface area (Å²) in [5.74, 6) is 2.86. The minimum absolute atomic E-state index is 0.124. The van der Waals surface area contributed by atoms with Gasteiger partial charge in [0.15, 0.2) is 0 Å². The summed E-state index contributed by atoms with van der Waals surface area (Å²) in [5.41, 5.74) is 0.900. The molecule has 2 heterocycles. The molecule has 1 saturated heterocycles. The average molecular weight is 429 g/mol. The fourth-order valence-corrected chi connectivity index (χ4v) is 4.94. The first-order valence-electron chi connectivity index (χ1n) is 10.6. The van der Waals surface area contributed by atoms with Gasteiger partial charge in [-0.2, -0.15) is 16.7 Å². The molecule has 160 valence electrons. The third kappa shape index (κ3) is 4.86. The van der Waals surface area contributed by atoms with Gasteiger partial charge in [-0.3, -0.25) is 9.59 Å². The van der Waals surface area contributed by atoms with Crippen LogP contribution in [0.4, 0.5) is 0 Å². The van der Waals surface area contributed by atoms with E-state index in [0.29, 0.717) is 42.8 Å². The molecule has 1 saturated carbocycles. The first-order valence-corrected chi connectivity index (χ1v) is 12.0. The molecule has 30 heavy (non-hydrogen) atoms. The van der Waals surface area contributed by atoms with Gasteiger partial charge in [0.1, 0.15) is 0 Å². The number of amides is 2. The highest BCUT2D eigenvalue weighted by Gasteiger charge is 2.43. The standard InChI is InChI=1S/C22H28N4O3S/c1-30-12-11-18(27)23-21-16-7-8-17(21)14-26(13-16)20(28)10-9-19-24-22(25-29-19)15-5-3-2-4-6-15/h2-6,16-17,21H,7-14H2,1H3,(H,23,27)/t16-,17+,21?. The minimum atomic E-state index is 0.124. The van der Waals surface area contributed by atoms with Crippen LogP contribution in [0, 0.1) is 11.8 Å². The van der Waals surface area contributed by atoms with Crippen molar-refractivity contribution in [2.75, 3.05) is 25.1 Å². The monoisotopic (exact) mass is 428 g/mol. The fraction of sp³-hybridized carbons (Fsp3) is 0.545. The third-order valence-corrected chi connectivity index (χ3v) is 6.71. The van der Waals surface area contributed by atoms with E-state index in [4.69, 9.17) is 4.52 Å². The van der Waals surface area contributed by atoms with Crippen LogP contribution in [-0.4, -0.2) is 58.0 Å². The summed E-state index contributed by atoms with van der Waals surface area (Å²) < 4.78 is 5.32. The van der Waals surface area contributed by atoms with E-state index in [0.717, 1.165) is 37.2 Å². The van der Waals surface area contributed by atoms with Crippen LogP contribution in [0.25, 0.3) is 11.4 Å². The molecule has 2 aromatic rings. The van der Waals surface area contributed by atoms with Gasteiger partial charge < -0.3 is 14.7 Å². The first kappa shape index (κ1) is 20.9. The van der Waals surface area contributed by atoms with Crippen LogP contribution in [0.2, 0.25) is 0 Å². The van der Waals surface area contributed by atoms with Crippen molar-refractivity contribution in [3.05, 3.63) is 36.2 Å². The van der Waals surface area contributed by atoms with Crippen LogP contribution in [0.1, 0.15) is 31.6 Å². The second kappa shape index (κ2) is 9.64. The number of carbonyl (C=O) groups excluding carboxylic acids is 2. The average Bonchev–Trinajstić information content (AvgIpc) is 3.32. The summed E-state index contributed by atoms with van der Waals surface area (Å²) in [4.78, 5) is 31.3. The van der Waals surface area contributed by atoms with Crippen molar-refractivity contribution in [3.8, 4) is 11.4 Å². The van der Waals surface area contributed by atoms with E-state index in [1.165, 1.54) is 0 Å². The molecular formula is C22H28N4O3S. The molecule has 2 bridgehead atoms. The van der Waals surface area contributed by atoms with Gasteiger partial charge in [-0.1, -0.05) is 35.5 Å². The molecule has 1 aliphatic carbocycles. The number of thioether (sulfide) groups is 1. The summed E-state index contributed by atoms with van der Waals surface area (Å²) in [7, 11) is 0. The molecule has 1 N–H and O–H groups in total. The van der Waals surface area contributed by atoms with E-state index in [-0.39, 0.29) is 17.9 Å².